The first-order chi connectivity index (χ1) is 9.60. The maximum Gasteiger partial charge on any atom is 0.350 e. The summed E-state index contributed by atoms with van der Waals surface area (Å²) in [5.41, 5.74) is 1.28. The molecule has 1 aromatic carbocycles. The molecule has 0 aliphatic heterocycles. The van der Waals surface area contributed by atoms with Crippen LogP contribution in [0.5, 0.6) is 0 Å². The Bertz CT molecular complexity index is 639. The summed E-state index contributed by atoms with van der Waals surface area (Å²) in [7, 11) is 1.31. The van der Waals surface area contributed by atoms with Crippen molar-refractivity contribution in [3.8, 4) is 0 Å². The summed E-state index contributed by atoms with van der Waals surface area (Å²) in [6, 6.07) is 8.76. The summed E-state index contributed by atoms with van der Waals surface area (Å²) in [6.07, 6.45) is 0.191. The molecule has 0 aliphatic carbocycles. The lowest BCUT2D eigenvalue weighted by Gasteiger charge is -2.06. The maximum atomic E-state index is 12.0. The Labute approximate surface area is 125 Å². The molecule has 2 aromatic rings. The van der Waals surface area contributed by atoms with E-state index in [-0.39, 0.29) is 12.3 Å². The fourth-order valence-electron chi connectivity index (χ4n) is 1.69. The van der Waals surface area contributed by atoms with Crippen molar-refractivity contribution >= 4 is 40.5 Å². The molecule has 6 heteroatoms. The number of benzene rings is 1. The monoisotopic (exact) mass is 309 g/mol. The molecule has 1 amide bonds. The summed E-state index contributed by atoms with van der Waals surface area (Å²) >= 11 is 7.09. The van der Waals surface area contributed by atoms with E-state index < -0.39 is 5.97 Å². The second-order valence-electron chi connectivity index (χ2n) is 4.01. The van der Waals surface area contributed by atoms with Crippen molar-refractivity contribution in [3.63, 3.8) is 0 Å². The predicted octanol–water partition coefficient (Wildman–Crippen LogP) is 3.37. The van der Waals surface area contributed by atoms with Crippen LogP contribution in [0.3, 0.4) is 0 Å². The Kier molecular flexibility index (Phi) is 4.76. The van der Waals surface area contributed by atoms with Gasteiger partial charge in [0, 0.05) is 5.02 Å². The van der Waals surface area contributed by atoms with E-state index in [9.17, 15) is 9.59 Å². The molecule has 0 atom stereocenters. The van der Waals surface area contributed by atoms with E-state index >= 15 is 0 Å². The fraction of sp³-hybridized carbons (Fsp3) is 0.143. The van der Waals surface area contributed by atoms with Crippen molar-refractivity contribution in [3.05, 3.63) is 51.2 Å². The molecule has 0 bridgehead atoms. The maximum absolute atomic E-state index is 12.0. The smallest absolute Gasteiger partial charge is 0.350 e. The van der Waals surface area contributed by atoms with Gasteiger partial charge in [-0.3, -0.25) is 4.79 Å². The average Bonchev–Trinajstić information content (AvgIpc) is 2.85. The van der Waals surface area contributed by atoms with E-state index in [0.717, 1.165) is 5.56 Å². The zero-order valence-corrected chi connectivity index (χ0v) is 12.3. The number of halogens is 1. The van der Waals surface area contributed by atoms with Crippen molar-refractivity contribution in [2.45, 2.75) is 6.42 Å². The van der Waals surface area contributed by atoms with Gasteiger partial charge in [0.2, 0.25) is 5.91 Å². The van der Waals surface area contributed by atoms with Crippen LogP contribution in [-0.2, 0) is 16.0 Å². The zero-order chi connectivity index (χ0) is 14.5. The van der Waals surface area contributed by atoms with Gasteiger partial charge in [-0.05, 0) is 29.1 Å². The van der Waals surface area contributed by atoms with Crippen molar-refractivity contribution in [1.29, 1.82) is 0 Å². The Morgan fingerprint density at radius 2 is 2.15 bits per heavy atom. The van der Waals surface area contributed by atoms with Gasteiger partial charge in [0.1, 0.15) is 4.88 Å². The van der Waals surface area contributed by atoms with E-state index in [1.165, 1.54) is 18.4 Å². The number of thiophene rings is 1. The van der Waals surface area contributed by atoms with Crippen molar-refractivity contribution in [2.24, 2.45) is 0 Å². The van der Waals surface area contributed by atoms with Gasteiger partial charge in [-0.1, -0.05) is 23.7 Å². The average molecular weight is 310 g/mol. The Morgan fingerprint density at radius 3 is 2.85 bits per heavy atom. The number of rotatable bonds is 4. The molecule has 0 fully saturated rings. The number of ether oxygens (including phenoxy) is 1. The minimum absolute atomic E-state index is 0.191. The first-order valence-corrected chi connectivity index (χ1v) is 7.06. The van der Waals surface area contributed by atoms with Crippen LogP contribution >= 0.6 is 22.9 Å². The van der Waals surface area contributed by atoms with Crippen LogP contribution in [0.2, 0.25) is 5.02 Å². The van der Waals surface area contributed by atoms with Gasteiger partial charge >= 0.3 is 5.97 Å². The quantitative estimate of drug-likeness (QED) is 0.881. The summed E-state index contributed by atoms with van der Waals surface area (Å²) < 4.78 is 4.65. The molecule has 0 aliphatic rings. The van der Waals surface area contributed by atoms with E-state index in [1.54, 1.807) is 29.6 Å². The second kappa shape index (κ2) is 6.54. The molecule has 0 saturated carbocycles. The lowest BCUT2D eigenvalue weighted by molar-refractivity contribution is -0.115. The zero-order valence-electron chi connectivity index (χ0n) is 10.7. The number of carbonyl (C=O) groups is 2. The summed E-state index contributed by atoms with van der Waals surface area (Å²) in [5.74, 6) is -0.672. The van der Waals surface area contributed by atoms with Crippen molar-refractivity contribution in [2.75, 3.05) is 12.4 Å². The topological polar surface area (TPSA) is 55.4 Å². The third-order valence-corrected chi connectivity index (χ3v) is 3.69. The van der Waals surface area contributed by atoms with Crippen molar-refractivity contribution in [1.82, 2.24) is 0 Å². The molecule has 104 valence electrons. The highest BCUT2D eigenvalue weighted by atomic mass is 35.5. The number of nitrogens with one attached hydrogen (secondary N) is 1. The van der Waals surface area contributed by atoms with Crippen LogP contribution in [-0.4, -0.2) is 19.0 Å². The molecular formula is C14H12ClNO3S. The first kappa shape index (κ1) is 14.6. The van der Waals surface area contributed by atoms with Gasteiger partial charge in [-0.25, -0.2) is 4.79 Å². The number of carbonyl (C=O) groups excluding carboxylic acids is 2. The number of hydrogen-bond acceptors (Lipinski definition) is 4. The van der Waals surface area contributed by atoms with Crippen LogP contribution in [0.15, 0.2) is 35.7 Å². The van der Waals surface area contributed by atoms with Crippen LogP contribution in [0.4, 0.5) is 5.69 Å². The molecule has 0 radical (unpaired) electrons. The lowest BCUT2D eigenvalue weighted by atomic mass is 10.1. The Balaban J connectivity index is 2.05. The summed E-state index contributed by atoms with van der Waals surface area (Å²) in [5, 5.41) is 5.01. The SMILES string of the molecule is COC(=O)c1sccc1NC(=O)Cc1cccc(Cl)c1. The van der Waals surface area contributed by atoms with Gasteiger partial charge in [-0.2, -0.15) is 0 Å². The molecule has 1 heterocycles. The second-order valence-corrected chi connectivity index (χ2v) is 5.36. The van der Waals surface area contributed by atoms with Gasteiger partial charge in [0.05, 0.1) is 19.2 Å². The number of amides is 1. The normalized spacial score (nSPS) is 10.1. The highest BCUT2D eigenvalue weighted by Crippen LogP contribution is 2.23. The highest BCUT2D eigenvalue weighted by Gasteiger charge is 2.15. The van der Waals surface area contributed by atoms with E-state index in [0.29, 0.717) is 15.6 Å². The van der Waals surface area contributed by atoms with Crippen LogP contribution in [0.25, 0.3) is 0 Å². The number of hydrogen-bond donors (Lipinski definition) is 1. The lowest BCUT2D eigenvalue weighted by Crippen LogP contribution is -2.16. The third kappa shape index (κ3) is 3.59. The molecule has 0 spiro atoms. The molecule has 20 heavy (non-hydrogen) atoms. The Hall–Kier alpha value is -1.85. The van der Waals surface area contributed by atoms with Gasteiger partial charge < -0.3 is 10.1 Å². The van der Waals surface area contributed by atoms with Crippen molar-refractivity contribution < 1.29 is 14.3 Å². The molecular weight excluding hydrogens is 298 g/mol. The fourth-order valence-corrected chi connectivity index (χ4v) is 2.66. The minimum atomic E-state index is -0.460. The first-order valence-electron chi connectivity index (χ1n) is 5.80. The summed E-state index contributed by atoms with van der Waals surface area (Å²) in [4.78, 5) is 23.8. The number of anilines is 1. The minimum Gasteiger partial charge on any atom is -0.465 e. The predicted molar refractivity (Wildman–Crippen MR) is 79.4 cm³/mol. The van der Waals surface area contributed by atoms with E-state index in [4.69, 9.17) is 11.6 Å². The largest absolute Gasteiger partial charge is 0.465 e. The molecule has 0 unspecified atom stereocenters. The van der Waals surface area contributed by atoms with Crippen LogP contribution in [0, 0.1) is 0 Å². The standard InChI is InChI=1S/C14H12ClNO3S/c1-19-14(18)13-11(5-6-20-13)16-12(17)8-9-3-2-4-10(15)7-9/h2-7H,8H2,1H3,(H,16,17). The van der Waals surface area contributed by atoms with Crippen LogP contribution < -0.4 is 5.32 Å². The van der Waals surface area contributed by atoms with E-state index in [2.05, 4.69) is 10.1 Å². The Morgan fingerprint density at radius 1 is 1.35 bits per heavy atom. The number of esters is 1. The number of methoxy groups -OCH3 is 1. The highest BCUT2D eigenvalue weighted by molar-refractivity contribution is 7.12. The molecule has 1 aromatic heterocycles. The molecule has 0 saturated heterocycles. The molecule has 4 nitrogen and oxygen atoms in total. The third-order valence-electron chi connectivity index (χ3n) is 2.56. The molecule has 2 rings (SSSR count). The van der Waals surface area contributed by atoms with Gasteiger partial charge in [0.25, 0.3) is 0 Å². The van der Waals surface area contributed by atoms with Gasteiger partial charge in [-0.15, -0.1) is 11.3 Å². The molecule has 1 N–H and O–H groups in total. The van der Waals surface area contributed by atoms with E-state index in [1.807, 2.05) is 6.07 Å². The van der Waals surface area contributed by atoms with Crippen LogP contribution in [0.1, 0.15) is 15.2 Å². The summed E-state index contributed by atoms with van der Waals surface area (Å²) in [6.45, 7) is 0. The van der Waals surface area contributed by atoms with Gasteiger partial charge in [0.15, 0.2) is 0 Å².